The highest BCUT2D eigenvalue weighted by atomic mass is 32.2. The Kier molecular flexibility index (Phi) is 3.71. The van der Waals surface area contributed by atoms with Gasteiger partial charge in [0.05, 0.1) is 6.26 Å². The fraction of sp³-hybridized carbons (Fsp3) is 0.400. The van der Waals surface area contributed by atoms with Gasteiger partial charge in [0.15, 0.2) is 0 Å². The molecule has 1 rings (SSSR count). The molecule has 0 spiro atoms. The van der Waals surface area contributed by atoms with Gasteiger partial charge in [0, 0.05) is 11.7 Å². The van der Waals surface area contributed by atoms with Crippen molar-refractivity contribution in [3.05, 3.63) is 29.8 Å². The second-order valence-corrected chi connectivity index (χ2v) is 5.26. The lowest BCUT2D eigenvalue weighted by molar-refractivity contribution is 0.607. The summed E-state index contributed by atoms with van der Waals surface area (Å²) in [5.74, 6) is 0. The highest BCUT2D eigenvalue weighted by molar-refractivity contribution is 7.92. The van der Waals surface area contributed by atoms with E-state index in [1.54, 1.807) is 12.1 Å². The minimum atomic E-state index is -3.20. The van der Waals surface area contributed by atoms with Crippen LogP contribution in [0.3, 0.4) is 0 Å². The first-order valence-corrected chi connectivity index (χ1v) is 6.65. The molecule has 0 saturated heterocycles. The molecule has 1 aromatic carbocycles. The van der Waals surface area contributed by atoms with Gasteiger partial charge in [-0.05, 0) is 24.1 Å². The summed E-state index contributed by atoms with van der Waals surface area (Å²) in [7, 11) is -3.20. The summed E-state index contributed by atoms with van der Waals surface area (Å²) in [6, 6.07) is 7.11. The zero-order valence-corrected chi connectivity index (χ0v) is 9.71. The first-order chi connectivity index (χ1) is 6.92. The molecule has 0 amide bonds. The van der Waals surface area contributed by atoms with Crippen LogP contribution in [0.4, 0.5) is 5.69 Å². The zero-order chi connectivity index (χ0) is 11.5. The van der Waals surface area contributed by atoms with E-state index in [9.17, 15) is 8.42 Å². The van der Waals surface area contributed by atoms with Crippen molar-refractivity contribution in [2.45, 2.75) is 19.4 Å². The molecule has 4 nitrogen and oxygen atoms in total. The number of hydrogen-bond acceptors (Lipinski definition) is 3. The van der Waals surface area contributed by atoms with Crippen LogP contribution in [-0.4, -0.2) is 14.7 Å². The predicted octanol–water partition coefficient (Wildman–Crippen LogP) is 1.47. The Balaban J connectivity index is 2.81. The van der Waals surface area contributed by atoms with Crippen LogP contribution in [0.2, 0.25) is 0 Å². The maximum absolute atomic E-state index is 10.9. The molecule has 0 aliphatic carbocycles. The fourth-order valence-electron chi connectivity index (χ4n) is 1.25. The average Bonchev–Trinajstić information content (AvgIpc) is 2.15. The van der Waals surface area contributed by atoms with Crippen LogP contribution in [0.1, 0.15) is 24.9 Å². The molecule has 0 aromatic heterocycles. The van der Waals surface area contributed by atoms with Gasteiger partial charge in [-0.1, -0.05) is 19.1 Å². The van der Waals surface area contributed by atoms with Crippen molar-refractivity contribution in [2.75, 3.05) is 11.0 Å². The Morgan fingerprint density at radius 2 is 1.87 bits per heavy atom. The average molecular weight is 228 g/mol. The quantitative estimate of drug-likeness (QED) is 0.819. The van der Waals surface area contributed by atoms with E-state index in [0.717, 1.165) is 18.2 Å². The highest BCUT2D eigenvalue weighted by Gasteiger charge is 2.04. The van der Waals surface area contributed by atoms with Crippen LogP contribution in [0.25, 0.3) is 0 Å². The fourth-order valence-corrected chi connectivity index (χ4v) is 1.81. The number of anilines is 1. The molecular weight excluding hydrogens is 212 g/mol. The Labute approximate surface area is 90.5 Å². The van der Waals surface area contributed by atoms with Gasteiger partial charge >= 0.3 is 0 Å². The van der Waals surface area contributed by atoms with Crippen molar-refractivity contribution < 1.29 is 8.42 Å². The summed E-state index contributed by atoms with van der Waals surface area (Å²) < 4.78 is 24.3. The standard InChI is InChI=1S/C10H16N2O2S/c1-3-10(11)8-4-6-9(7-5-8)12-15(2,13)14/h4-7,10,12H,3,11H2,1-2H3/t10-/m1/s1. The lowest BCUT2D eigenvalue weighted by atomic mass is 10.1. The number of rotatable bonds is 4. The van der Waals surface area contributed by atoms with E-state index >= 15 is 0 Å². The number of sulfonamides is 1. The van der Waals surface area contributed by atoms with Crippen LogP contribution in [0.5, 0.6) is 0 Å². The van der Waals surface area contributed by atoms with Gasteiger partial charge in [-0.25, -0.2) is 8.42 Å². The molecule has 0 unspecified atom stereocenters. The lowest BCUT2D eigenvalue weighted by Crippen LogP contribution is -2.11. The summed E-state index contributed by atoms with van der Waals surface area (Å²) in [6.45, 7) is 2.01. The molecular formula is C10H16N2O2S. The summed E-state index contributed by atoms with van der Waals surface area (Å²) in [5.41, 5.74) is 7.40. The highest BCUT2D eigenvalue weighted by Crippen LogP contribution is 2.17. The van der Waals surface area contributed by atoms with Gasteiger partial charge in [-0.15, -0.1) is 0 Å². The van der Waals surface area contributed by atoms with Gasteiger partial charge < -0.3 is 5.73 Å². The Hall–Kier alpha value is -1.07. The summed E-state index contributed by atoms with van der Waals surface area (Å²) >= 11 is 0. The van der Waals surface area contributed by atoms with Gasteiger partial charge in [0.2, 0.25) is 10.0 Å². The maximum atomic E-state index is 10.9. The monoisotopic (exact) mass is 228 g/mol. The largest absolute Gasteiger partial charge is 0.324 e. The number of hydrogen-bond donors (Lipinski definition) is 2. The molecule has 1 atom stereocenters. The van der Waals surface area contributed by atoms with Crippen molar-refractivity contribution in [2.24, 2.45) is 5.73 Å². The van der Waals surface area contributed by atoms with Crippen molar-refractivity contribution in [3.8, 4) is 0 Å². The van der Waals surface area contributed by atoms with Crippen molar-refractivity contribution in [1.29, 1.82) is 0 Å². The molecule has 0 heterocycles. The Bertz CT molecular complexity index is 412. The summed E-state index contributed by atoms with van der Waals surface area (Å²) in [5, 5.41) is 0. The van der Waals surface area contributed by atoms with E-state index in [2.05, 4.69) is 4.72 Å². The van der Waals surface area contributed by atoms with Gasteiger partial charge in [-0.2, -0.15) is 0 Å². The van der Waals surface area contributed by atoms with E-state index < -0.39 is 10.0 Å². The molecule has 0 saturated carbocycles. The third kappa shape index (κ3) is 3.89. The van der Waals surface area contributed by atoms with Crippen molar-refractivity contribution >= 4 is 15.7 Å². The Morgan fingerprint density at radius 3 is 2.27 bits per heavy atom. The first kappa shape index (κ1) is 12.0. The minimum absolute atomic E-state index is 0.0114. The number of benzene rings is 1. The molecule has 0 bridgehead atoms. The minimum Gasteiger partial charge on any atom is -0.324 e. The Morgan fingerprint density at radius 1 is 1.33 bits per heavy atom. The van der Waals surface area contributed by atoms with Crippen LogP contribution in [0.15, 0.2) is 24.3 Å². The first-order valence-electron chi connectivity index (χ1n) is 4.75. The smallest absolute Gasteiger partial charge is 0.229 e. The van der Waals surface area contributed by atoms with Gasteiger partial charge in [0.25, 0.3) is 0 Å². The van der Waals surface area contributed by atoms with Crippen LogP contribution in [-0.2, 0) is 10.0 Å². The number of nitrogens with two attached hydrogens (primary N) is 1. The zero-order valence-electron chi connectivity index (χ0n) is 8.90. The molecule has 0 aliphatic heterocycles. The lowest BCUT2D eigenvalue weighted by Gasteiger charge is -2.10. The van der Waals surface area contributed by atoms with Crippen molar-refractivity contribution in [3.63, 3.8) is 0 Å². The molecule has 5 heteroatoms. The normalized spacial score (nSPS) is 13.5. The van der Waals surface area contributed by atoms with Gasteiger partial charge in [-0.3, -0.25) is 4.72 Å². The topological polar surface area (TPSA) is 72.2 Å². The van der Waals surface area contributed by atoms with E-state index in [4.69, 9.17) is 5.73 Å². The SMILES string of the molecule is CC[C@@H](N)c1ccc(NS(C)(=O)=O)cc1. The van der Waals surface area contributed by atoms with E-state index in [0.29, 0.717) is 5.69 Å². The van der Waals surface area contributed by atoms with Crippen LogP contribution < -0.4 is 10.5 Å². The van der Waals surface area contributed by atoms with E-state index in [1.165, 1.54) is 0 Å². The molecule has 84 valence electrons. The summed E-state index contributed by atoms with van der Waals surface area (Å²) in [6.07, 6.45) is 1.98. The molecule has 3 N–H and O–H groups in total. The molecule has 0 fully saturated rings. The van der Waals surface area contributed by atoms with E-state index in [1.807, 2.05) is 19.1 Å². The van der Waals surface area contributed by atoms with Crippen molar-refractivity contribution in [1.82, 2.24) is 0 Å². The number of nitrogens with one attached hydrogen (secondary N) is 1. The summed E-state index contributed by atoms with van der Waals surface area (Å²) in [4.78, 5) is 0. The third-order valence-electron chi connectivity index (χ3n) is 2.08. The van der Waals surface area contributed by atoms with Crippen LogP contribution >= 0.6 is 0 Å². The molecule has 15 heavy (non-hydrogen) atoms. The third-order valence-corrected chi connectivity index (χ3v) is 2.69. The van der Waals surface area contributed by atoms with Crippen LogP contribution in [0, 0.1) is 0 Å². The predicted molar refractivity (Wildman–Crippen MR) is 62.1 cm³/mol. The second-order valence-electron chi connectivity index (χ2n) is 3.51. The molecule has 1 aromatic rings. The van der Waals surface area contributed by atoms with E-state index in [-0.39, 0.29) is 6.04 Å². The maximum Gasteiger partial charge on any atom is 0.229 e. The molecule has 0 aliphatic rings. The van der Waals surface area contributed by atoms with Gasteiger partial charge in [0.1, 0.15) is 0 Å². The second kappa shape index (κ2) is 4.63. The molecule has 0 radical (unpaired) electrons.